The molecule has 0 saturated carbocycles. The maximum atomic E-state index is 12.6. The lowest BCUT2D eigenvalue weighted by Gasteiger charge is -2.24. The molecule has 0 aliphatic heterocycles. The highest BCUT2D eigenvalue weighted by molar-refractivity contribution is 5.88. The lowest BCUT2D eigenvalue weighted by atomic mass is 9.98. The number of hydrogen-bond acceptors (Lipinski definition) is 5. The van der Waals surface area contributed by atoms with Crippen LogP contribution in [0.5, 0.6) is 0 Å². The van der Waals surface area contributed by atoms with E-state index in [0.717, 1.165) is 22.3 Å². The smallest absolute Gasteiger partial charge is 0.407 e. The van der Waals surface area contributed by atoms with E-state index in [-0.39, 0.29) is 25.6 Å². The first kappa shape index (κ1) is 22.1. The van der Waals surface area contributed by atoms with Crippen LogP contribution in [-0.2, 0) is 19.1 Å². The first-order chi connectivity index (χ1) is 15.0. The number of nitrogens with zero attached hydrogens (tertiary/aromatic N) is 1. The van der Waals surface area contributed by atoms with Gasteiger partial charge >= 0.3 is 12.1 Å². The Balaban J connectivity index is 1.62. The van der Waals surface area contributed by atoms with E-state index in [1.807, 2.05) is 36.4 Å². The SMILES string of the molecule is C=CCN(CC(=O)OC)C(=O)[C@H](C)NC(=O)OCC1c2ccccc2-c2ccccc21. The molecule has 7 heteroatoms. The predicted octanol–water partition coefficient (Wildman–Crippen LogP) is 3.10. The molecule has 162 valence electrons. The van der Waals surface area contributed by atoms with Crippen LogP contribution in [0.3, 0.4) is 0 Å². The summed E-state index contributed by atoms with van der Waals surface area (Å²) in [5, 5.41) is 2.54. The van der Waals surface area contributed by atoms with Gasteiger partial charge in [-0.3, -0.25) is 9.59 Å². The van der Waals surface area contributed by atoms with Crippen LogP contribution in [0.2, 0.25) is 0 Å². The predicted molar refractivity (Wildman–Crippen MR) is 116 cm³/mol. The molecule has 7 nitrogen and oxygen atoms in total. The number of hydrogen-bond donors (Lipinski definition) is 1. The van der Waals surface area contributed by atoms with E-state index in [4.69, 9.17) is 4.74 Å². The highest BCUT2D eigenvalue weighted by atomic mass is 16.5. The van der Waals surface area contributed by atoms with Crippen LogP contribution >= 0.6 is 0 Å². The van der Waals surface area contributed by atoms with Crippen LogP contribution in [0.25, 0.3) is 11.1 Å². The van der Waals surface area contributed by atoms with E-state index in [0.29, 0.717) is 0 Å². The van der Waals surface area contributed by atoms with Crippen LogP contribution in [0.4, 0.5) is 4.79 Å². The Bertz CT molecular complexity index is 942. The van der Waals surface area contributed by atoms with Crippen molar-refractivity contribution in [3.63, 3.8) is 0 Å². The number of carbonyl (C=O) groups is 3. The molecule has 0 aromatic heterocycles. The maximum Gasteiger partial charge on any atom is 0.407 e. The number of alkyl carbamates (subject to hydrolysis) is 1. The van der Waals surface area contributed by atoms with E-state index in [9.17, 15) is 14.4 Å². The number of benzene rings is 2. The zero-order valence-corrected chi connectivity index (χ0v) is 17.7. The van der Waals surface area contributed by atoms with Crippen LogP contribution in [0.1, 0.15) is 24.0 Å². The molecule has 1 aliphatic carbocycles. The molecule has 0 radical (unpaired) electrons. The van der Waals surface area contributed by atoms with E-state index in [1.165, 1.54) is 25.0 Å². The molecule has 1 atom stereocenters. The third-order valence-corrected chi connectivity index (χ3v) is 5.26. The fraction of sp³-hybridized carbons (Fsp3) is 0.292. The van der Waals surface area contributed by atoms with Crippen molar-refractivity contribution in [1.82, 2.24) is 10.2 Å². The lowest BCUT2D eigenvalue weighted by Crippen LogP contribution is -2.48. The van der Waals surface area contributed by atoms with Gasteiger partial charge < -0.3 is 19.7 Å². The quantitative estimate of drug-likeness (QED) is 0.522. The highest BCUT2D eigenvalue weighted by Gasteiger charge is 2.30. The molecule has 2 amide bonds. The fourth-order valence-corrected chi connectivity index (χ4v) is 3.76. The first-order valence-corrected chi connectivity index (χ1v) is 10.0. The van der Waals surface area contributed by atoms with Crippen molar-refractivity contribution < 1.29 is 23.9 Å². The molecular formula is C24H26N2O5. The Labute approximate surface area is 181 Å². The summed E-state index contributed by atoms with van der Waals surface area (Å²) >= 11 is 0. The van der Waals surface area contributed by atoms with Gasteiger partial charge in [-0.15, -0.1) is 6.58 Å². The minimum Gasteiger partial charge on any atom is -0.468 e. The van der Waals surface area contributed by atoms with E-state index >= 15 is 0 Å². The Hall–Kier alpha value is -3.61. The summed E-state index contributed by atoms with van der Waals surface area (Å²) in [6.45, 7) is 5.21. The normalized spacial score (nSPS) is 12.8. The summed E-state index contributed by atoms with van der Waals surface area (Å²) in [5.74, 6) is -1.05. The monoisotopic (exact) mass is 422 g/mol. The molecule has 0 fully saturated rings. The average molecular weight is 422 g/mol. The number of carbonyl (C=O) groups excluding carboxylic acids is 3. The number of ether oxygens (including phenoxy) is 2. The lowest BCUT2D eigenvalue weighted by molar-refractivity contribution is -0.147. The van der Waals surface area contributed by atoms with Crippen LogP contribution < -0.4 is 5.32 Å². The van der Waals surface area contributed by atoms with E-state index < -0.39 is 24.0 Å². The minimum atomic E-state index is -0.875. The molecule has 0 spiro atoms. The zero-order chi connectivity index (χ0) is 22.4. The summed E-state index contributed by atoms with van der Waals surface area (Å²) in [7, 11) is 1.25. The van der Waals surface area contributed by atoms with Gasteiger partial charge in [-0.2, -0.15) is 0 Å². The summed E-state index contributed by atoms with van der Waals surface area (Å²) in [6, 6.07) is 15.2. The number of esters is 1. The van der Waals surface area contributed by atoms with Crippen molar-refractivity contribution in [3.05, 3.63) is 72.3 Å². The van der Waals surface area contributed by atoms with Gasteiger partial charge in [0.05, 0.1) is 7.11 Å². The number of amides is 2. The third kappa shape index (κ3) is 4.94. The summed E-state index contributed by atoms with van der Waals surface area (Å²) in [4.78, 5) is 37.8. The number of methoxy groups -OCH3 is 1. The Morgan fingerprint density at radius 2 is 1.68 bits per heavy atom. The standard InChI is InChI=1S/C24H26N2O5/c1-4-13-26(14-22(27)30-3)23(28)16(2)25-24(29)31-15-21-19-11-7-5-9-17(19)18-10-6-8-12-20(18)21/h4-12,16,21H,1,13-15H2,2-3H3,(H,25,29)/t16-/m0/s1. The van der Waals surface area contributed by atoms with Crippen molar-refractivity contribution in [2.45, 2.75) is 18.9 Å². The second-order valence-electron chi connectivity index (χ2n) is 7.28. The Morgan fingerprint density at radius 1 is 1.10 bits per heavy atom. The highest BCUT2D eigenvalue weighted by Crippen LogP contribution is 2.44. The van der Waals surface area contributed by atoms with Gasteiger partial charge in [0.25, 0.3) is 0 Å². The Kier molecular flexibility index (Phi) is 7.07. The second-order valence-corrected chi connectivity index (χ2v) is 7.28. The van der Waals surface area contributed by atoms with Gasteiger partial charge in [-0.1, -0.05) is 54.6 Å². The molecule has 0 heterocycles. The molecule has 0 unspecified atom stereocenters. The molecule has 1 N–H and O–H groups in total. The van der Waals surface area contributed by atoms with Gasteiger partial charge in [0.1, 0.15) is 19.2 Å². The van der Waals surface area contributed by atoms with Gasteiger partial charge in [0, 0.05) is 12.5 Å². The van der Waals surface area contributed by atoms with E-state index in [1.54, 1.807) is 0 Å². The van der Waals surface area contributed by atoms with Crippen LogP contribution in [-0.4, -0.2) is 55.7 Å². The minimum absolute atomic E-state index is 0.0688. The average Bonchev–Trinajstić information content (AvgIpc) is 3.10. The Morgan fingerprint density at radius 3 is 2.23 bits per heavy atom. The molecule has 0 saturated heterocycles. The summed E-state index contributed by atoms with van der Waals surface area (Å²) in [5.41, 5.74) is 4.49. The largest absolute Gasteiger partial charge is 0.468 e. The van der Waals surface area contributed by atoms with Crippen molar-refractivity contribution in [2.75, 3.05) is 26.8 Å². The number of fused-ring (bicyclic) bond motifs is 3. The fourth-order valence-electron chi connectivity index (χ4n) is 3.76. The van der Waals surface area contributed by atoms with Crippen molar-refractivity contribution in [3.8, 4) is 11.1 Å². The summed E-state index contributed by atoms with van der Waals surface area (Å²) < 4.78 is 10.1. The third-order valence-electron chi connectivity index (χ3n) is 5.26. The topological polar surface area (TPSA) is 84.9 Å². The number of nitrogens with one attached hydrogen (secondary N) is 1. The molecule has 31 heavy (non-hydrogen) atoms. The molecule has 3 rings (SSSR count). The number of rotatable bonds is 8. The van der Waals surface area contributed by atoms with Crippen LogP contribution in [0, 0.1) is 0 Å². The van der Waals surface area contributed by atoms with Crippen molar-refractivity contribution in [1.29, 1.82) is 0 Å². The van der Waals surface area contributed by atoms with Gasteiger partial charge in [0.2, 0.25) is 5.91 Å². The molecule has 2 aromatic carbocycles. The van der Waals surface area contributed by atoms with Crippen LogP contribution in [0.15, 0.2) is 61.2 Å². The van der Waals surface area contributed by atoms with Crippen molar-refractivity contribution in [2.24, 2.45) is 0 Å². The maximum absolute atomic E-state index is 12.6. The van der Waals surface area contributed by atoms with Gasteiger partial charge in [0.15, 0.2) is 0 Å². The second kappa shape index (κ2) is 9.93. The van der Waals surface area contributed by atoms with Gasteiger partial charge in [-0.05, 0) is 29.2 Å². The first-order valence-electron chi connectivity index (χ1n) is 10.0. The zero-order valence-electron chi connectivity index (χ0n) is 17.7. The molecule has 2 aromatic rings. The summed E-state index contributed by atoms with van der Waals surface area (Å²) in [6.07, 6.45) is 0.806. The van der Waals surface area contributed by atoms with Gasteiger partial charge in [-0.25, -0.2) is 4.79 Å². The van der Waals surface area contributed by atoms with Crippen molar-refractivity contribution >= 4 is 18.0 Å². The molecule has 1 aliphatic rings. The molecule has 0 bridgehead atoms. The van der Waals surface area contributed by atoms with E-state index in [2.05, 4.69) is 28.8 Å². The molecular weight excluding hydrogens is 396 g/mol.